The smallest absolute Gasteiger partial charge is 0.410 e. The van der Waals surface area contributed by atoms with Crippen molar-refractivity contribution >= 4 is 11.9 Å². The lowest BCUT2D eigenvalue weighted by Gasteiger charge is -2.38. The maximum atomic E-state index is 12.5. The Morgan fingerprint density at radius 3 is 2.92 bits per heavy atom. The number of nitriles is 1. The number of rotatable bonds is 3. The molecule has 1 aliphatic heterocycles. The summed E-state index contributed by atoms with van der Waals surface area (Å²) in [4.78, 5) is 20.6. The zero-order chi connectivity index (χ0) is 17.7. The van der Waals surface area contributed by atoms with Crippen LogP contribution >= 0.6 is 0 Å². The molecule has 1 fully saturated rings. The molecule has 130 valence electrons. The maximum absolute atomic E-state index is 12.5. The highest BCUT2D eigenvalue weighted by Crippen LogP contribution is 2.23. The summed E-state index contributed by atoms with van der Waals surface area (Å²) < 4.78 is 5.54. The van der Waals surface area contributed by atoms with Crippen LogP contribution in [-0.4, -0.2) is 47.8 Å². The molecule has 0 radical (unpaired) electrons. The van der Waals surface area contributed by atoms with Gasteiger partial charge in [0.25, 0.3) is 0 Å². The molecule has 6 heteroatoms. The number of likely N-dealkylation sites (tertiary alicyclic amines) is 1. The number of carbonyl (C=O) groups is 1. The number of likely N-dealkylation sites (N-methyl/N-ethyl adjacent to an activating group) is 1. The number of hydrogen-bond acceptors (Lipinski definition) is 5. The molecule has 24 heavy (non-hydrogen) atoms. The fourth-order valence-corrected chi connectivity index (χ4v) is 2.94. The third kappa shape index (κ3) is 4.60. The Hall–Kier alpha value is -2.29. The van der Waals surface area contributed by atoms with Gasteiger partial charge in [-0.3, -0.25) is 0 Å². The highest BCUT2D eigenvalue weighted by Gasteiger charge is 2.31. The third-order valence-electron chi connectivity index (χ3n) is 4.01. The predicted octanol–water partition coefficient (Wildman–Crippen LogP) is 3.18. The van der Waals surface area contributed by atoms with Gasteiger partial charge in [-0.2, -0.15) is 5.26 Å². The molecular weight excluding hydrogens is 304 g/mol. The average Bonchev–Trinajstić information content (AvgIpc) is 2.53. The summed E-state index contributed by atoms with van der Waals surface area (Å²) >= 11 is 0. The molecule has 0 spiro atoms. The van der Waals surface area contributed by atoms with Crippen molar-refractivity contribution in [2.45, 2.75) is 51.7 Å². The lowest BCUT2D eigenvalue weighted by atomic mass is 10.0. The van der Waals surface area contributed by atoms with E-state index in [1.807, 2.05) is 37.6 Å². The van der Waals surface area contributed by atoms with Gasteiger partial charge in [0.1, 0.15) is 17.5 Å². The molecule has 2 heterocycles. The van der Waals surface area contributed by atoms with Crippen LogP contribution in [0.5, 0.6) is 0 Å². The predicted molar refractivity (Wildman–Crippen MR) is 92.8 cm³/mol. The molecule has 0 N–H and O–H groups in total. The molecule has 0 unspecified atom stereocenters. The number of anilines is 1. The summed E-state index contributed by atoms with van der Waals surface area (Å²) in [6.07, 6.45) is 4.43. The summed E-state index contributed by atoms with van der Waals surface area (Å²) in [6.45, 7) is 6.97. The quantitative estimate of drug-likeness (QED) is 0.851. The van der Waals surface area contributed by atoms with Gasteiger partial charge in [0.05, 0.1) is 11.6 Å². The second-order valence-corrected chi connectivity index (χ2v) is 7.19. The molecule has 1 atom stereocenters. The molecule has 0 aliphatic carbocycles. The zero-order valence-corrected chi connectivity index (χ0v) is 15.0. The molecule has 0 aromatic carbocycles. The van der Waals surface area contributed by atoms with E-state index in [1.165, 1.54) is 0 Å². The van der Waals surface area contributed by atoms with Crippen LogP contribution in [0.25, 0.3) is 0 Å². The minimum Gasteiger partial charge on any atom is -0.444 e. The van der Waals surface area contributed by atoms with Gasteiger partial charge in [-0.25, -0.2) is 9.78 Å². The Morgan fingerprint density at radius 1 is 1.50 bits per heavy atom. The van der Waals surface area contributed by atoms with Crippen LogP contribution in [0.1, 0.15) is 45.6 Å². The first kappa shape index (κ1) is 18.1. The number of aromatic nitrogens is 1. The van der Waals surface area contributed by atoms with Crippen molar-refractivity contribution in [1.82, 2.24) is 9.88 Å². The SMILES string of the molecule is CN(C[C@H]1CCCCN1C(=O)OC(C)(C)C)c1ncccc1C#N. The minimum absolute atomic E-state index is 0.0622. The van der Waals surface area contributed by atoms with Crippen molar-refractivity contribution in [2.24, 2.45) is 0 Å². The van der Waals surface area contributed by atoms with E-state index in [1.54, 1.807) is 18.3 Å². The van der Waals surface area contributed by atoms with Gasteiger partial charge in [0, 0.05) is 26.3 Å². The Labute approximate surface area is 144 Å². The summed E-state index contributed by atoms with van der Waals surface area (Å²) in [5.41, 5.74) is 0.0413. The van der Waals surface area contributed by atoms with Crippen molar-refractivity contribution in [1.29, 1.82) is 5.26 Å². The molecule has 1 amide bonds. The van der Waals surface area contributed by atoms with Gasteiger partial charge < -0.3 is 14.5 Å². The van der Waals surface area contributed by atoms with Crippen LogP contribution in [0.2, 0.25) is 0 Å². The highest BCUT2D eigenvalue weighted by molar-refractivity contribution is 5.69. The molecule has 0 bridgehead atoms. The van der Waals surface area contributed by atoms with E-state index in [0.29, 0.717) is 24.5 Å². The Morgan fingerprint density at radius 2 is 2.25 bits per heavy atom. The van der Waals surface area contributed by atoms with E-state index < -0.39 is 5.60 Å². The van der Waals surface area contributed by atoms with Crippen LogP contribution in [0, 0.1) is 11.3 Å². The molecule has 1 aliphatic rings. The first-order valence-corrected chi connectivity index (χ1v) is 8.37. The lowest BCUT2D eigenvalue weighted by Crippen LogP contribution is -2.50. The van der Waals surface area contributed by atoms with Crippen LogP contribution in [-0.2, 0) is 4.74 Å². The molecule has 6 nitrogen and oxygen atoms in total. The molecule has 1 aromatic rings. The molecular formula is C18H26N4O2. The number of carbonyl (C=O) groups excluding carboxylic acids is 1. The van der Waals surface area contributed by atoms with Crippen molar-refractivity contribution in [3.05, 3.63) is 23.9 Å². The first-order chi connectivity index (χ1) is 11.3. The molecule has 1 aromatic heterocycles. The van der Waals surface area contributed by atoms with Gasteiger partial charge in [-0.15, -0.1) is 0 Å². The first-order valence-electron chi connectivity index (χ1n) is 8.37. The lowest BCUT2D eigenvalue weighted by molar-refractivity contribution is 0.0108. The van der Waals surface area contributed by atoms with E-state index in [2.05, 4.69) is 11.1 Å². The van der Waals surface area contributed by atoms with Gasteiger partial charge >= 0.3 is 6.09 Å². The monoisotopic (exact) mass is 330 g/mol. The molecule has 1 saturated heterocycles. The Balaban J connectivity index is 2.11. The van der Waals surface area contributed by atoms with Crippen molar-refractivity contribution in [3.8, 4) is 6.07 Å². The highest BCUT2D eigenvalue weighted by atomic mass is 16.6. The topological polar surface area (TPSA) is 69.5 Å². The second-order valence-electron chi connectivity index (χ2n) is 7.19. The van der Waals surface area contributed by atoms with E-state index in [0.717, 1.165) is 19.3 Å². The fourth-order valence-electron chi connectivity index (χ4n) is 2.94. The number of amides is 1. The summed E-state index contributed by atoms with van der Waals surface area (Å²) in [5, 5.41) is 9.24. The van der Waals surface area contributed by atoms with Crippen LogP contribution in [0.15, 0.2) is 18.3 Å². The summed E-state index contributed by atoms with van der Waals surface area (Å²) in [7, 11) is 1.91. The number of nitrogens with zero attached hydrogens (tertiary/aromatic N) is 4. The van der Waals surface area contributed by atoms with Crippen molar-refractivity contribution in [3.63, 3.8) is 0 Å². The average molecular weight is 330 g/mol. The van der Waals surface area contributed by atoms with Gasteiger partial charge in [0.15, 0.2) is 0 Å². The van der Waals surface area contributed by atoms with Gasteiger partial charge in [-0.05, 0) is 52.2 Å². The maximum Gasteiger partial charge on any atom is 0.410 e. The van der Waals surface area contributed by atoms with E-state index in [-0.39, 0.29) is 12.1 Å². The molecule has 0 saturated carbocycles. The van der Waals surface area contributed by atoms with E-state index >= 15 is 0 Å². The molecule has 2 rings (SSSR count). The van der Waals surface area contributed by atoms with Crippen LogP contribution in [0.3, 0.4) is 0 Å². The number of piperidine rings is 1. The van der Waals surface area contributed by atoms with Crippen molar-refractivity contribution in [2.75, 3.05) is 25.0 Å². The summed E-state index contributed by atoms with van der Waals surface area (Å²) in [5.74, 6) is 0.648. The van der Waals surface area contributed by atoms with Crippen LogP contribution in [0.4, 0.5) is 10.6 Å². The standard InChI is InChI=1S/C18H26N4O2/c1-18(2,3)24-17(23)22-11-6-5-9-15(22)13-21(4)16-14(12-19)8-7-10-20-16/h7-8,10,15H,5-6,9,11,13H2,1-4H3/t15-/m1/s1. The normalized spacial score (nSPS) is 18.0. The number of pyridine rings is 1. The third-order valence-corrected chi connectivity index (χ3v) is 4.01. The Bertz CT molecular complexity index is 618. The fraction of sp³-hybridized carbons (Fsp3) is 0.611. The number of hydrogen-bond donors (Lipinski definition) is 0. The minimum atomic E-state index is -0.500. The number of ether oxygens (including phenoxy) is 1. The van der Waals surface area contributed by atoms with E-state index in [4.69, 9.17) is 4.74 Å². The Kier molecular flexibility index (Phi) is 5.66. The zero-order valence-electron chi connectivity index (χ0n) is 15.0. The summed E-state index contributed by atoms with van der Waals surface area (Å²) in [6, 6.07) is 5.74. The van der Waals surface area contributed by atoms with Gasteiger partial charge in [-0.1, -0.05) is 0 Å². The van der Waals surface area contributed by atoms with E-state index in [9.17, 15) is 10.1 Å². The van der Waals surface area contributed by atoms with Crippen molar-refractivity contribution < 1.29 is 9.53 Å². The second kappa shape index (κ2) is 7.52. The van der Waals surface area contributed by atoms with Crippen LogP contribution < -0.4 is 4.90 Å². The largest absolute Gasteiger partial charge is 0.444 e. The van der Waals surface area contributed by atoms with Gasteiger partial charge in [0.2, 0.25) is 0 Å².